The SMILES string of the molecule is O=c1c2cn[nH]c2c2ccc(-c3cccnc3NC3CC3)cc2n1CC(F)(F)F. The van der Waals surface area contributed by atoms with Crippen LogP contribution >= 0.6 is 0 Å². The number of hydrogen-bond acceptors (Lipinski definition) is 4. The van der Waals surface area contributed by atoms with Crippen molar-refractivity contribution in [2.24, 2.45) is 0 Å². The van der Waals surface area contributed by atoms with Gasteiger partial charge in [0.25, 0.3) is 5.56 Å². The number of aromatic amines is 1. The molecule has 1 aromatic carbocycles. The monoisotopic (exact) mass is 399 g/mol. The van der Waals surface area contributed by atoms with E-state index in [0.717, 1.165) is 23.0 Å². The lowest BCUT2D eigenvalue weighted by atomic mass is 10.0. The van der Waals surface area contributed by atoms with E-state index in [1.54, 1.807) is 24.4 Å². The van der Waals surface area contributed by atoms with Crippen LogP contribution in [0.5, 0.6) is 0 Å². The molecule has 148 valence electrons. The number of anilines is 1. The highest BCUT2D eigenvalue weighted by Crippen LogP contribution is 2.33. The molecule has 1 fully saturated rings. The molecule has 29 heavy (non-hydrogen) atoms. The number of hydrogen-bond donors (Lipinski definition) is 2. The molecule has 0 aliphatic heterocycles. The van der Waals surface area contributed by atoms with Crippen LogP contribution in [0.15, 0.2) is 47.5 Å². The lowest BCUT2D eigenvalue weighted by Gasteiger charge is -2.15. The first kappa shape index (κ1) is 17.7. The van der Waals surface area contributed by atoms with Gasteiger partial charge in [0.15, 0.2) is 0 Å². The number of rotatable bonds is 4. The van der Waals surface area contributed by atoms with E-state index >= 15 is 0 Å². The number of pyridine rings is 2. The van der Waals surface area contributed by atoms with Gasteiger partial charge in [-0.05, 0) is 36.6 Å². The van der Waals surface area contributed by atoms with Gasteiger partial charge >= 0.3 is 6.18 Å². The van der Waals surface area contributed by atoms with Crippen molar-refractivity contribution in [2.75, 3.05) is 5.32 Å². The summed E-state index contributed by atoms with van der Waals surface area (Å²) in [5, 5.41) is 10.6. The van der Waals surface area contributed by atoms with Gasteiger partial charge in [0.05, 0.1) is 22.6 Å². The maximum absolute atomic E-state index is 13.2. The molecule has 0 bridgehead atoms. The van der Waals surface area contributed by atoms with Crippen LogP contribution in [0.4, 0.5) is 19.0 Å². The van der Waals surface area contributed by atoms with E-state index in [-0.39, 0.29) is 10.9 Å². The molecule has 0 unspecified atom stereocenters. The fraction of sp³-hybridized carbons (Fsp3) is 0.250. The summed E-state index contributed by atoms with van der Waals surface area (Å²) >= 11 is 0. The summed E-state index contributed by atoms with van der Waals surface area (Å²) < 4.78 is 40.4. The van der Waals surface area contributed by atoms with Gasteiger partial charge in [-0.25, -0.2) is 4.98 Å². The summed E-state index contributed by atoms with van der Waals surface area (Å²) in [4.78, 5) is 17.1. The summed E-state index contributed by atoms with van der Waals surface area (Å²) in [7, 11) is 0. The molecule has 0 spiro atoms. The first-order chi connectivity index (χ1) is 13.9. The van der Waals surface area contributed by atoms with Gasteiger partial charge < -0.3 is 5.32 Å². The van der Waals surface area contributed by atoms with Crippen molar-refractivity contribution in [1.82, 2.24) is 19.7 Å². The van der Waals surface area contributed by atoms with Crippen molar-refractivity contribution in [3.63, 3.8) is 0 Å². The summed E-state index contributed by atoms with van der Waals surface area (Å²) in [6.45, 7) is -1.37. The van der Waals surface area contributed by atoms with E-state index in [0.29, 0.717) is 28.3 Å². The van der Waals surface area contributed by atoms with Crippen LogP contribution in [-0.4, -0.2) is 32.0 Å². The fourth-order valence-electron chi connectivity index (χ4n) is 3.55. The average Bonchev–Trinajstić information content (AvgIpc) is 3.36. The van der Waals surface area contributed by atoms with Crippen LogP contribution in [0, 0.1) is 0 Å². The van der Waals surface area contributed by atoms with Crippen molar-refractivity contribution < 1.29 is 13.2 Å². The van der Waals surface area contributed by atoms with Crippen molar-refractivity contribution >= 4 is 27.6 Å². The van der Waals surface area contributed by atoms with Gasteiger partial charge in [0.2, 0.25) is 0 Å². The van der Waals surface area contributed by atoms with E-state index in [2.05, 4.69) is 20.5 Å². The van der Waals surface area contributed by atoms with Gasteiger partial charge in [-0.1, -0.05) is 12.1 Å². The largest absolute Gasteiger partial charge is 0.406 e. The highest BCUT2D eigenvalue weighted by atomic mass is 19.4. The van der Waals surface area contributed by atoms with Crippen LogP contribution in [0.3, 0.4) is 0 Å². The summed E-state index contributed by atoms with van der Waals surface area (Å²) in [5.41, 5.74) is 1.36. The number of halogens is 3. The number of aromatic nitrogens is 4. The third-order valence-corrected chi connectivity index (χ3v) is 5.05. The van der Waals surface area contributed by atoms with Crippen LogP contribution in [0.25, 0.3) is 32.9 Å². The number of H-pyrrole nitrogens is 1. The second kappa shape index (κ2) is 6.33. The maximum atomic E-state index is 13.2. The Labute approximate surface area is 162 Å². The first-order valence-electron chi connectivity index (χ1n) is 9.19. The molecule has 4 aromatic rings. The normalized spacial score (nSPS) is 14.6. The average molecular weight is 399 g/mol. The molecule has 0 atom stereocenters. The van der Waals surface area contributed by atoms with Gasteiger partial charge in [-0.3, -0.25) is 14.5 Å². The predicted molar refractivity (Wildman–Crippen MR) is 104 cm³/mol. The smallest absolute Gasteiger partial charge is 0.367 e. The molecule has 1 aliphatic rings. The predicted octanol–water partition coefficient (Wildman–Crippen LogP) is 4.08. The molecule has 0 saturated heterocycles. The molecule has 2 N–H and O–H groups in total. The third-order valence-electron chi connectivity index (χ3n) is 5.05. The third kappa shape index (κ3) is 3.22. The molecular formula is C20H16F3N5O. The van der Waals surface area contributed by atoms with Crippen molar-refractivity contribution in [3.8, 4) is 11.1 Å². The number of benzene rings is 1. The van der Waals surface area contributed by atoms with Gasteiger partial charge in [-0.2, -0.15) is 18.3 Å². The van der Waals surface area contributed by atoms with Crippen molar-refractivity contribution in [1.29, 1.82) is 0 Å². The molecule has 1 saturated carbocycles. The second-order valence-corrected chi connectivity index (χ2v) is 7.22. The van der Waals surface area contributed by atoms with E-state index in [9.17, 15) is 18.0 Å². The lowest BCUT2D eigenvalue weighted by molar-refractivity contribution is -0.140. The summed E-state index contributed by atoms with van der Waals surface area (Å²) in [5.74, 6) is 0.682. The number of nitrogens with one attached hydrogen (secondary N) is 2. The van der Waals surface area contributed by atoms with E-state index in [4.69, 9.17) is 0 Å². The molecular weight excluding hydrogens is 383 g/mol. The van der Waals surface area contributed by atoms with Gasteiger partial charge in [0.1, 0.15) is 12.4 Å². The topological polar surface area (TPSA) is 75.6 Å². The first-order valence-corrected chi connectivity index (χ1v) is 9.19. The highest BCUT2D eigenvalue weighted by molar-refractivity contribution is 6.04. The molecule has 9 heteroatoms. The highest BCUT2D eigenvalue weighted by Gasteiger charge is 2.30. The molecule has 0 amide bonds. The van der Waals surface area contributed by atoms with E-state index in [1.165, 1.54) is 6.20 Å². The second-order valence-electron chi connectivity index (χ2n) is 7.22. The number of alkyl halides is 3. The molecule has 5 rings (SSSR count). The molecule has 3 heterocycles. The van der Waals surface area contributed by atoms with Crippen molar-refractivity contribution in [2.45, 2.75) is 31.6 Å². The number of nitrogens with zero attached hydrogens (tertiary/aromatic N) is 3. The standard InChI is InChI=1S/C20H16F3N5O/c21-20(22,23)10-28-16-8-11(13-2-1-7-24-18(13)26-12-4-5-12)3-6-14(16)17-15(19(28)29)9-25-27-17/h1-3,6-9,12H,4-5,10H2,(H,24,26)(H,25,27). The van der Waals surface area contributed by atoms with Crippen LogP contribution in [0.1, 0.15) is 12.8 Å². The van der Waals surface area contributed by atoms with Crippen molar-refractivity contribution in [3.05, 3.63) is 53.1 Å². The van der Waals surface area contributed by atoms with E-state index < -0.39 is 18.3 Å². The molecule has 3 aromatic heterocycles. The van der Waals surface area contributed by atoms with Gasteiger partial charge in [-0.15, -0.1) is 0 Å². The zero-order chi connectivity index (χ0) is 20.2. The zero-order valence-electron chi connectivity index (χ0n) is 15.1. The molecule has 1 aliphatic carbocycles. The minimum Gasteiger partial charge on any atom is -0.367 e. The Balaban J connectivity index is 1.75. The Kier molecular flexibility index (Phi) is 3.87. The Morgan fingerprint density at radius 2 is 2.03 bits per heavy atom. The summed E-state index contributed by atoms with van der Waals surface area (Å²) in [6, 6.07) is 9.15. The minimum absolute atomic E-state index is 0.131. The minimum atomic E-state index is -4.53. The van der Waals surface area contributed by atoms with E-state index in [1.807, 2.05) is 12.1 Å². The Morgan fingerprint density at radius 1 is 1.21 bits per heavy atom. The fourth-order valence-corrected chi connectivity index (χ4v) is 3.55. The van der Waals surface area contributed by atoms with Crippen LogP contribution in [0.2, 0.25) is 0 Å². The molecule has 6 nitrogen and oxygen atoms in total. The summed E-state index contributed by atoms with van der Waals surface area (Å²) in [6.07, 6.45) is 0.532. The molecule has 0 radical (unpaired) electrons. The quantitative estimate of drug-likeness (QED) is 0.542. The zero-order valence-corrected chi connectivity index (χ0v) is 15.1. The van der Waals surface area contributed by atoms with Gasteiger partial charge in [0, 0.05) is 23.2 Å². The van der Waals surface area contributed by atoms with Crippen LogP contribution in [-0.2, 0) is 6.54 Å². The Bertz CT molecular complexity index is 1290. The van der Waals surface area contributed by atoms with Crippen LogP contribution < -0.4 is 10.9 Å². The number of fused-ring (bicyclic) bond motifs is 3. The Hall–Kier alpha value is -3.36. The Morgan fingerprint density at radius 3 is 2.79 bits per heavy atom. The maximum Gasteiger partial charge on any atom is 0.406 e. The lowest BCUT2D eigenvalue weighted by Crippen LogP contribution is -2.28.